The summed E-state index contributed by atoms with van der Waals surface area (Å²) in [7, 11) is 0. The normalized spacial score (nSPS) is 12.0. The standard InChI is InChI=1S/C22H29N3O/c1-13(2)11-16-7-9-17(10-8-16)18-12-25-21(26)19(14(3)4)20(15(5)6)24-22(25)23-18/h7-10,12-15H,11H2,1-6H3,(H,23,24). The first-order valence-corrected chi connectivity index (χ1v) is 9.52. The second-order valence-electron chi connectivity index (χ2n) is 8.18. The van der Waals surface area contributed by atoms with Crippen molar-refractivity contribution in [3.05, 3.63) is 57.6 Å². The van der Waals surface area contributed by atoms with Crippen LogP contribution in [0.15, 0.2) is 35.3 Å². The van der Waals surface area contributed by atoms with Crippen LogP contribution in [0.5, 0.6) is 0 Å². The van der Waals surface area contributed by atoms with Crippen molar-refractivity contribution in [2.24, 2.45) is 5.92 Å². The van der Waals surface area contributed by atoms with Crippen molar-refractivity contribution in [2.75, 3.05) is 0 Å². The molecule has 4 heteroatoms. The Bertz CT molecular complexity index is 959. The summed E-state index contributed by atoms with van der Waals surface area (Å²) in [6.07, 6.45) is 2.95. The molecule has 0 fully saturated rings. The molecule has 0 atom stereocenters. The first kappa shape index (κ1) is 18.4. The topological polar surface area (TPSA) is 50.2 Å². The summed E-state index contributed by atoms with van der Waals surface area (Å²) in [5, 5.41) is 0. The Kier molecular flexibility index (Phi) is 5.03. The summed E-state index contributed by atoms with van der Waals surface area (Å²) in [6.45, 7) is 12.7. The molecule has 2 aromatic heterocycles. The lowest BCUT2D eigenvalue weighted by atomic mass is 9.97. The maximum Gasteiger partial charge on any atom is 0.262 e. The Morgan fingerprint density at radius 3 is 2.19 bits per heavy atom. The second kappa shape index (κ2) is 7.10. The van der Waals surface area contributed by atoms with Gasteiger partial charge < -0.3 is 4.98 Å². The summed E-state index contributed by atoms with van der Waals surface area (Å²) >= 11 is 0. The number of imidazole rings is 1. The molecule has 0 aliphatic heterocycles. The smallest absolute Gasteiger partial charge is 0.262 e. The predicted molar refractivity (Wildman–Crippen MR) is 108 cm³/mol. The van der Waals surface area contributed by atoms with E-state index in [-0.39, 0.29) is 17.4 Å². The molecule has 0 aliphatic rings. The quantitative estimate of drug-likeness (QED) is 0.692. The van der Waals surface area contributed by atoms with Gasteiger partial charge in [-0.05, 0) is 35.3 Å². The van der Waals surface area contributed by atoms with Crippen molar-refractivity contribution in [3.63, 3.8) is 0 Å². The zero-order chi connectivity index (χ0) is 19.0. The van der Waals surface area contributed by atoms with Crippen molar-refractivity contribution < 1.29 is 0 Å². The fourth-order valence-electron chi connectivity index (χ4n) is 3.47. The zero-order valence-electron chi connectivity index (χ0n) is 16.6. The fraction of sp³-hybridized carbons (Fsp3) is 0.455. The molecule has 0 aliphatic carbocycles. The molecule has 0 unspecified atom stereocenters. The molecule has 0 saturated heterocycles. The van der Waals surface area contributed by atoms with Gasteiger partial charge in [0.2, 0.25) is 5.78 Å². The van der Waals surface area contributed by atoms with E-state index in [0.29, 0.717) is 11.7 Å². The summed E-state index contributed by atoms with van der Waals surface area (Å²) < 4.78 is 1.65. The Labute approximate surface area is 155 Å². The predicted octanol–water partition coefficient (Wildman–Crippen LogP) is 5.13. The highest BCUT2D eigenvalue weighted by Gasteiger charge is 2.19. The number of hydrogen-bond acceptors (Lipinski definition) is 2. The molecule has 1 aromatic carbocycles. The van der Waals surface area contributed by atoms with Crippen molar-refractivity contribution in [1.82, 2.24) is 14.4 Å². The third-order valence-electron chi connectivity index (χ3n) is 4.72. The SMILES string of the molecule is CC(C)Cc1ccc(-c2cn3c(=O)c(C(C)C)c(C(C)C)nc3[nH]2)cc1. The molecule has 0 spiro atoms. The highest BCUT2D eigenvalue weighted by molar-refractivity contribution is 5.62. The summed E-state index contributed by atoms with van der Waals surface area (Å²) in [5.41, 5.74) is 5.06. The van der Waals surface area contributed by atoms with Crippen molar-refractivity contribution in [2.45, 2.75) is 59.8 Å². The molecule has 1 N–H and O–H groups in total. The first-order chi connectivity index (χ1) is 12.3. The van der Waals surface area contributed by atoms with E-state index in [4.69, 9.17) is 4.98 Å². The van der Waals surface area contributed by atoms with E-state index in [1.165, 1.54) is 5.56 Å². The van der Waals surface area contributed by atoms with E-state index < -0.39 is 0 Å². The Balaban J connectivity index is 2.09. The highest BCUT2D eigenvalue weighted by Crippen LogP contribution is 2.24. The molecule has 0 radical (unpaired) electrons. The molecular formula is C22H29N3O. The van der Waals surface area contributed by atoms with Crippen LogP contribution in [0.3, 0.4) is 0 Å². The number of nitrogens with one attached hydrogen (secondary N) is 1. The van der Waals surface area contributed by atoms with Crippen LogP contribution in [0.25, 0.3) is 17.0 Å². The third-order valence-corrected chi connectivity index (χ3v) is 4.72. The first-order valence-electron chi connectivity index (χ1n) is 9.52. The Morgan fingerprint density at radius 1 is 1.00 bits per heavy atom. The maximum absolute atomic E-state index is 13.0. The van der Waals surface area contributed by atoms with Gasteiger partial charge in [-0.1, -0.05) is 65.8 Å². The molecule has 3 rings (SSSR count). The third kappa shape index (κ3) is 3.46. The molecule has 26 heavy (non-hydrogen) atoms. The van der Waals surface area contributed by atoms with Crippen LogP contribution in [0.1, 0.15) is 70.2 Å². The van der Waals surface area contributed by atoms with Gasteiger partial charge in [-0.3, -0.25) is 9.20 Å². The lowest BCUT2D eigenvalue weighted by Gasteiger charge is -2.13. The molecule has 4 nitrogen and oxygen atoms in total. The summed E-state index contributed by atoms with van der Waals surface area (Å²) in [5.74, 6) is 1.62. The number of H-pyrrole nitrogens is 1. The number of benzene rings is 1. The van der Waals surface area contributed by atoms with Crippen LogP contribution in [0.4, 0.5) is 0 Å². The van der Waals surface area contributed by atoms with Gasteiger partial charge in [0.1, 0.15) is 0 Å². The van der Waals surface area contributed by atoms with Crippen LogP contribution in [0.2, 0.25) is 0 Å². The van der Waals surface area contributed by atoms with Gasteiger partial charge in [0.05, 0.1) is 11.4 Å². The highest BCUT2D eigenvalue weighted by atomic mass is 16.1. The number of rotatable bonds is 5. The lowest BCUT2D eigenvalue weighted by Crippen LogP contribution is -2.23. The van der Waals surface area contributed by atoms with E-state index in [1.807, 2.05) is 6.20 Å². The lowest BCUT2D eigenvalue weighted by molar-refractivity contribution is 0.647. The van der Waals surface area contributed by atoms with Gasteiger partial charge in [-0.15, -0.1) is 0 Å². The molecule has 3 aromatic rings. The van der Waals surface area contributed by atoms with Crippen molar-refractivity contribution >= 4 is 5.78 Å². The minimum absolute atomic E-state index is 0.0348. The van der Waals surface area contributed by atoms with E-state index >= 15 is 0 Å². The summed E-state index contributed by atoms with van der Waals surface area (Å²) in [6, 6.07) is 8.55. The van der Waals surface area contributed by atoms with Crippen LogP contribution >= 0.6 is 0 Å². The van der Waals surface area contributed by atoms with Gasteiger partial charge in [0.25, 0.3) is 5.56 Å². The largest absolute Gasteiger partial charge is 0.323 e. The van der Waals surface area contributed by atoms with Crippen molar-refractivity contribution in [3.8, 4) is 11.3 Å². The Morgan fingerprint density at radius 2 is 1.65 bits per heavy atom. The minimum atomic E-state index is 0.0348. The molecular weight excluding hydrogens is 322 g/mol. The van der Waals surface area contributed by atoms with Crippen LogP contribution in [-0.4, -0.2) is 14.4 Å². The summed E-state index contributed by atoms with van der Waals surface area (Å²) in [4.78, 5) is 21.1. The van der Waals surface area contributed by atoms with Crippen molar-refractivity contribution in [1.29, 1.82) is 0 Å². The van der Waals surface area contributed by atoms with Crippen LogP contribution < -0.4 is 5.56 Å². The van der Waals surface area contributed by atoms with Gasteiger partial charge in [-0.25, -0.2) is 4.98 Å². The number of nitrogens with zero attached hydrogens (tertiary/aromatic N) is 2. The zero-order valence-corrected chi connectivity index (χ0v) is 16.6. The monoisotopic (exact) mass is 351 g/mol. The van der Waals surface area contributed by atoms with E-state index in [1.54, 1.807) is 4.40 Å². The van der Waals surface area contributed by atoms with Gasteiger partial charge in [-0.2, -0.15) is 0 Å². The van der Waals surface area contributed by atoms with Gasteiger partial charge in [0, 0.05) is 11.8 Å². The minimum Gasteiger partial charge on any atom is -0.323 e. The average molecular weight is 351 g/mol. The second-order valence-corrected chi connectivity index (χ2v) is 8.18. The van der Waals surface area contributed by atoms with Gasteiger partial charge >= 0.3 is 0 Å². The number of hydrogen-bond donors (Lipinski definition) is 1. The fourth-order valence-corrected chi connectivity index (χ4v) is 3.47. The van der Waals surface area contributed by atoms with E-state index in [9.17, 15) is 4.79 Å². The van der Waals surface area contributed by atoms with Crippen LogP contribution in [0, 0.1) is 5.92 Å². The van der Waals surface area contributed by atoms with Crippen LogP contribution in [-0.2, 0) is 6.42 Å². The molecule has 2 heterocycles. The number of aromatic nitrogens is 3. The van der Waals surface area contributed by atoms with Gasteiger partial charge in [0.15, 0.2) is 0 Å². The molecule has 0 saturated carbocycles. The molecule has 0 bridgehead atoms. The number of fused-ring (bicyclic) bond motifs is 1. The number of aromatic amines is 1. The molecule has 138 valence electrons. The Hall–Kier alpha value is -2.36. The average Bonchev–Trinajstić information content (AvgIpc) is 2.99. The van der Waals surface area contributed by atoms with E-state index in [2.05, 4.69) is 70.8 Å². The maximum atomic E-state index is 13.0. The van der Waals surface area contributed by atoms with E-state index in [0.717, 1.165) is 28.9 Å². The molecule has 0 amide bonds.